The van der Waals surface area contributed by atoms with E-state index in [1.807, 2.05) is 36.6 Å². The third-order valence-electron chi connectivity index (χ3n) is 2.55. The molecule has 1 aromatic carbocycles. The van der Waals surface area contributed by atoms with Crippen molar-refractivity contribution < 1.29 is 4.79 Å². The zero-order chi connectivity index (χ0) is 14.4. The molecule has 0 atom stereocenters. The molecule has 0 saturated carbocycles. The van der Waals surface area contributed by atoms with E-state index in [4.69, 9.17) is 0 Å². The van der Waals surface area contributed by atoms with Gasteiger partial charge >= 0.3 is 0 Å². The number of amides is 1. The molecule has 6 heteroatoms. The summed E-state index contributed by atoms with van der Waals surface area (Å²) in [6, 6.07) is 9.92. The van der Waals surface area contributed by atoms with Gasteiger partial charge in [0.05, 0.1) is 12.8 Å². The molecule has 0 aliphatic carbocycles. The van der Waals surface area contributed by atoms with Crippen LogP contribution in [-0.2, 0) is 4.79 Å². The van der Waals surface area contributed by atoms with Crippen molar-refractivity contribution in [3.8, 4) is 0 Å². The Bertz CT molecular complexity index is 611. The van der Waals surface area contributed by atoms with Crippen LogP contribution in [0.1, 0.15) is 10.4 Å². The predicted molar refractivity (Wildman–Crippen MR) is 92.4 cm³/mol. The van der Waals surface area contributed by atoms with Gasteiger partial charge in [-0.15, -0.1) is 11.3 Å². The van der Waals surface area contributed by atoms with E-state index in [0.29, 0.717) is 0 Å². The maximum atomic E-state index is 11.6. The van der Waals surface area contributed by atoms with E-state index < -0.39 is 0 Å². The number of hydrazone groups is 1. The van der Waals surface area contributed by atoms with Crippen LogP contribution in [0.5, 0.6) is 0 Å². The van der Waals surface area contributed by atoms with Gasteiger partial charge in [-0.3, -0.25) is 4.79 Å². The lowest BCUT2D eigenvalue weighted by Crippen LogP contribution is -2.26. The Morgan fingerprint density at radius 2 is 2.30 bits per heavy atom. The summed E-state index contributed by atoms with van der Waals surface area (Å²) in [6.45, 7) is 2.21. The van der Waals surface area contributed by atoms with Crippen molar-refractivity contribution in [1.29, 1.82) is 0 Å². The molecule has 0 radical (unpaired) electrons. The Balaban J connectivity index is 1.80. The minimum absolute atomic E-state index is 0.171. The van der Waals surface area contributed by atoms with Crippen LogP contribution in [0.3, 0.4) is 0 Å². The summed E-state index contributed by atoms with van der Waals surface area (Å²) >= 11 is 3.83. The number of nitrogens with zero attached hydrogens (tertiary/aromatic N) is 1. The van der Waals surface area contributed by atoms with Gasteiger partial charge in [-0.25, -0.2) is 5.43 Å². The summed E-state index contributed by atoms with van der Waals surface area (Å²) in [5.41, 5.74) is 4.57. The largest absolute Gasteiger partial charge is 0.376 e. The molecular formula is C14H14IN3OS. The third-order valence-corrected chi connectivity index (χ3v) is 4.03. The van der Waals surface area contributed by atoms with Gasteiger partial charge in [0.2, 0.25) is 0 Å². The van der Waals surface area contributed by atoms with Gasteiger partial charge in [-0.2, -0.15) is 5.10 Å². The Morgan fingerprint density at radius 1 is 1.45 bits per heavy atom. The normalized spacial score (nSPS) is 10.7. The van der Waals surface area contributed by atoms with Crippen LogP contribution in [0.4, 0.5) is 5.69 Å². The molecule has 1 aromatic heterocycles. The van der Waals surface area contributed by atoms with Crippen LogP contribution in [0.15, 0.2) is 40.8 Å². The number of carbonyl (C=O) groups excluding carboxylic acids is 1. The summed E-state index contributed by atoms with van der Waals surface area (Å²) < 4.78 is 1.18. The van der Waals surface area contributed by atoms with Crippen molar-refractivity contribution in [1.82, 2.24) is 5.43 Å². The van der Waals surface area contributed by atoms with Crippen LogP contribution < -0.4 is 10.7 Å². The highest BCUT2D eigenvalue weighted by molar-refractivity contribution is 14.1. The number of hydrogen-bond donors (Lipinski definition) is 2. The van der Waals surface area contributed by atoms with Gasteiger partial charge < -0.3 is 5.32 Å². The van der Waals surface area contributed by atoms with Crippen molar-refractivity contribution in [2.45, 2.75) is 6.92 Å². The van der Waals surface area contributed by atoms with Crippen LogP contribution in [0, 0.1) is 10.5 Å². The molecule has 2 aromatic rings. The second kappa shape index (κ2) is 7.39. The van der Waals surface area contributed by atoms with E-state index >= 15 is 0 Å². The fourth-order valence-electron chi connectivity index (χ4n) is 1.57. The number of halogens is 1. The molecule has 0 aliphatic rings. The van der Waals surface area contributed by atoms with Gasteiger partial charge in [-0.1, -0.05) is 6.07 Å². The first-order chi connectivity index (χ1) is 9.65. The third kappa shape index (κ3) is 4.61. The average molecular weight is 399 g/mol. The number of hydrogen-bond acceptors (Lipinski definition) is 4. The first kappa shape index (κ1) is 15.0. The second-order valence-corrected chi connectivity index (χ2v) is 6.35. The van der Waals surface area contributed by atoms with Gasteiger partial charge in [0.25, 0.3) is 5.91 Å². The number of anilines is 1. The number of carbonyl (C=O) groups is 1. The molecule has 0 fully saturated rings. The standard InChI is InChI=1S/C14H14IN3OS/c1-10-7-11(15)4-5-13(10)16-9-14(19)18-17-8-12-3-2-6-20-12/h2-8,16H,9H2,1H3,(H,18,19)/b17-8+. The summed E-state index contributed by atoms with van der Waals surface area (Å²) in [5.74, 6) is -0.171. The molecule has 20 heavy (non-hydrogen) atoms. The molecule has 4 nitrogen and oxygen atoms in total. The molecule has 2 N–H and O–H groups in total. The summed E-state index contributed by atoms with van der Waals surface area (Å²) in [6.07, 6.45) is 1.64. The highest BCUT2D eigenvalue weighted by Crippen LogP contribution is 2.17. The maximum absolute atomic E-state index is 11.6. The van der Waals surface area contributed by atoms with Gasteiger partial charge in [0.15, 0.2) is 0 Å². The topological polar surface area (TPSA) is 53.5 Å². The maximum Gasteiger partial charge on any atom is 0.259 e. The van der Waals surface area contributed by atoms with Gasteiger partial charge in [-0.05, 0) is 64.7 Å². The quantitative estimate of drug-likeness (QED) is 0.461. The number of benzene rings is 1. The number of nitrogens with one attached hydrogen (secondary N) is 2. The van der Waals surface area contributed by atoms with Crippen molar-refractivity contribution in [3.05, 3.63) is 49.7 Å². The second-order valence-electron chi connectivity index (χ2n) is 4.12. The lowest BCUT2D eigenvalue weighted by molar-refractivity contribution is -0.119. The van der Waals surface area contributed by atoms with E-state index in [-0.39, 0.29) is 12.5 Å². The molecule has 0 spiro atoms. The highest BCUT2D eigenvalue weighted by atomic mass is 127. The van der Waals surface area contributed by atoms with E-state index in [0.717, 1.165) is 16.1 Å². The molecule has 0 saturated heterocycles. The molecule has 2 rings (SSSR count). The van der Waals surface area contributed by atoms with Gasteiger partial charge in [0.1, 0.15) is 0 Å². The zero-order valence-corrected chi connectivity index (χ0v) is 13.9. The minimum Gasteiger partial charge on any atom is -0.376 e. The predicted octanol–water partition coefficient (Wildman–Crippen LogP) is 3.22. The lowest BCUT2D eigenvalue weighted by Gasteiger charge is -2.08. The fourth-order valence-corrected chi connectivity index (χ4v) is 2.80. The summed E-state index contributed by atoms with van der Waals surface area (Å²) in [7, 11) is 0. The monoisotopic (exact) mass is 399 g/mol. The first-order valence-corrected chi connectivity index (χ1v) is 7.96. The van der Waals surface area contributed by atoms with E-state index in [1.165, 1.54) is 3.57 Å². The SMILES string of the molecule is Cc1cc(I)ccc1NCC(=O)N/N=C/c1cccs1. The molecule has 1 heterocycles. The number of thiophene rings is 1. The van der Waals surface area contributed by atoms with Crippen molar-refractivity contribution in [2.24, 2.45) is 5.10 Å². The van der Waals surface area contributed by atoms with E-state index in [1.54, 1.807) is 17.6 Å². The number of aryl methyl sites for hydroxylation is 1. The Morgan fingerprint density at radius 3 is 3.00 bits per heavy atom. The highest BCUT2D eigenvalue weighted by Gasteiger charge is 2.02. The zero-order valence-electron chi connectivity index (χ0n) is 10.9. The molecular weight excluding hydrogens is 385 g/mol. The van der Waals surface area contributed by atoms with Crippen molar-refractivity contribution in [2.75, 3.05) is 11.9 Å². The van der Waals surface area contributed by atoms with E-state index in [9.17, 15) is 4.79 Å². The molecule has 1 amide bonds. The van der Waals surface area contributed by atoms with Crippen LogP contribution in [0.2, 0.25) is 0 Å². The number of rotatable bonds is 5. The van der Waals surface area contributed by atoms with Gasteiger partial charge in [0, 0.05) is 14.1 Å². The molecule has 0 unspecified atom stereocenters. The molecule has 104 valence electrons. The lowest BCUT2D eigenvalue weighted by atomic mass is 10.2. The molecule has 0 bridgehead atoms. The first-order valence-electron chi connectivity index (χ1n) is 6.00. The van der Waals surface area contributed by atoms with Crippen LogP contribution >= 0.6 is 33.9 Å². The smallest absolute Gasteiger partial charge is 0.259 e. The van der Waals surface area contributed by atoms with Crippen LogP contribution in [-0.4, -0.2) is 18.7 Å². The fraction of sp³-hybridized carbons (Fsp3) is 0.143. The Labute approximate surface area is 135 Å². The minimum atomic E-state index is -0.171. The summed E-state index contributed by atoms with van der Waals surface area (Å²) in [4.78, 5) is 12.6. The van der Waals surface area contributed by atoms with Crippen molar-refractivity contribution >= 4 is 51.7 Å². The van der Waals surface area contributed by atoms with Crippen LogP contribution in [0.25, 0.3) is 0 Å². The average Bonchev–Trinajstić information content (AvgIpc) is 2.91. The van der Waals surface area contributed by atoms with E-state index in [2.05, 4.69) is 44.5 Å². The molecule has 0 aliphatic heterocycles. The Kier molecular flexibility index (Phi) is 5.54. The summed E-state index contributed by atoms with van der Waals surface area (Å²) in [5, 5.41) is 8.97. The van der Waals surface area contributed by atoms with Crippen molar-refractivity contribution in [3.63, 3.8) is 0 Å². The Hall–Kier alpha value is -1.41.